The molecule has 30 heavy (non-hydrogen) atoms. The Kier molecular flexibility index (Phi) is 5.86. The minimum absolute atomic E-state index is 0.285. The Bertz CT molecular complexity index is 1170. The third-order valence-electron chi connectivity index (χ3n) is 4.20. The van der Waals surface area contributed by atoms with Crippen LogP contribution in [-0.2, 0) is 19.0 Å². The Morgan fingerprint density at radius 3 is 2.40 bits per heavy atom. The summed E-state index contributed by atoms with van der Waals surface area (Å²) in [5, 5.41) is 5.31. The van der Waals surface area contributed by atoms with Crippen LogP contribution in [0.5, 0.6) is 0 Å². The molecular formula is C20H14ClF3N4S2. The zero-order valence-electron chi connectivity index (χ0n) is 15.5. The quantitative estimate of drug-likeness (QED) is 0.246. The molecule has 4 aromatic rings. The maximum absolute atomic E-state index is 13.0. The van der Waals surface area contributed by atoms with E-state index >= 15 is 0 Å². The number of halogens is 4. The number of rotatable bonds is 5. The average Bonchev–Trinajstić information content (AvgIpc) is 3.34. The number of hydrogen-bond donors (Lipinski definition) is 0. The highest BCUT2D eigenvalue weighted by Crippen LogP contribution is 2.36. The van der Waals surface area contributed by atoms with Gasteiger partial charge in [-0.2, -0.15) is 18.3 Å². The minimum Gasteiger partial charge on any atom is -0.263 e. The highest BCUT2D eigenvalue weighted by atomic mass is 35.5. The normalized spacial score (nSPS) is 11.8. The van der Waals surface area contributed by atoms with E-state index in [2.05, 4.69) is 15.1 Å². The van der Waals surface area contributed by atoms with Crippen LogP contribution < -0.4 is 0 Å². The Morgan fingerprint density at radius 1 is 1.03 bits per heavy atom. The predicted octanol–water partition coefficient (Wildman–Crippen LogP) is 6.57. The van der Waals surface area contributed by atoms with E-state index in [1.807, 2.05) is 30.3 Å². The largest absolute Gasteiger partial charge is 0.433 e. The van der Waals surface area contributed by atoms with Crippen LogP contribution >= 0.6 is 34.7 Å². The van der Waals surface area contributed by atoms with Gasteiger partial charge in [0.1, 0.15) is 11.4 Å². The molecule has 10 heteroatoms. The van der Waals surface area contributed by atoms with E-state index in [1.54, 1.807) is 18.3 Å². The fraction of sp³-hybridized carbons (Fsp3) is 0.150. The van der Waals surface area contributed by atoms with E-state index in [4.69, 9.17) is 11.6 Å². The summed E-state index contributed by atoms with van der Waals surface area (Å²) in [4.78, 5) is 10.3. The van der Waals surface area contributed by atoms with E-state index in [9.17, 15) is 13.2 Å². The molecule has 0 aliphatic carbocycles. The minimum atomic E-state index is -4.44. The molecule has 0 spiro atoms. The molecule has 0 aliphatic heterocycles. The summed E-state index contributed by atoms with van der Waals surface area (Å²) in [7, 11) is 1.29. The van der Waals surface area contributed by atoms with Gasteiger partial charge in [-0.25, -0.2) is 9.97 Å². The second-order valence-corrected chi connectivity index (χ2v) is 8.80. The van der Waals surface area contributed by atoms with Crippen molar-refractivity contribution in [1.82, 2.24) is 19.7 Å². The molecule has 0 fully saturated rings. The monoisotopic (exact) mass is 466 g/mol. The van der Waals surface area contributed by atoms with Gasteiger partial charge in [-0.05, 0) is 42.0 Å². The van der Waals surface area contributed by atoms with Crippen molar-refractivity contribution in [3.05, 3.63) is 71.0 Å². The molecule has 3 aromatic heterocycles. The van der Waals surface area contributed by atoms with Crippen LogP contribution in [0.15, 0.2) is 59.9 Å². The molecule has 0 bridgehead atoms. The third kappa shape index (κ3) is 4.69. The number of hydrogen-bond acceptors (Lipinski definition) is 5. The van der Waals surface area contributed by atoms with Crippen LogP contribution in [0.2, 0.25) is 5.02 Å². The first-order chi connectivity index (χ1) is 14.3. The van der Waals surface area contributed by atoms with Crippen LogP contribution in [0.3, 0.4) is 0 Å². The van der Waals surface area contributed by atoms with E-state index in [0.717, 1.165) is 21.2 Å². The smallest absolute Gasteiger partial charge is 0.263 e. The van der Waals surface area contributed by atoms with Crippen molar-refractivity contribution in [2.24, 2.45) is 7.05 Å². The number of aromatic nitrogens is 4. The summed E-state index contributed by atoms with van der Waals surface area (Å²) in [6.07, 6.45) is -2.77. The maximum Gasteiger partial charge on any atom is 0.433 e. The molecule has 0 radical (unpaired) electrons. The number of thioether (sulfide) groups is 1. The van der Waals surface area contributed by atoms with Gasteiger partial charge in [0.05, 0.1) is 15.4 Å². The Labute approximate surface area is 183 Å². The number of benzene rings is 1. The first kappa shape index (κ1) is 20.9. The first-order valence-corrected chi connectivity index (χ1v) is 10.9. The summed E-state index contributed by atoms with van der Waals surface area (Å²) < 4.78 is 39.9. The van der Waals surface area contributed by atoms with Gasteiger partial charge in [-0.1, -0.05) is 35.5 Å². The van der Waals surface area contributed by atoms with Crippen LogP contribution in [-0.4, -0.2) is 19.7 Å². The van der Waals surface area contributed by atoms with Gasteiger partial charge in [0.15, 0.2) is 5.16 Å². The van der Waals surface area contributed by atoms with Crippen LogP contribution in [0.4, 0.5) is 13.2 Å². The fourth-order valence-electron chi connectivity index (χ4n) is 2.74. The standard InChI is InChI=1S/C20H14ClF3N4S2/c1-28-18(20(22,23)24)10-15(27-28)17-7-6-16(30-17)14-8-9-25-19(26-14)29-11-12-2-4-13(21)5-3-12/h2-10H,11H2,1H3. The van der Waals surface area contributed by atoms with E-state index in [0.29, 0.717) is 26.5 Å². The van der Waals surface area contributed by atoms with Crippen molar-refractivity contribution in [1.29, 1.82) is 0 Å². The molecule has 0 saturated carbocycles. The molecule has 0 unspecified atom stereocenters. The molecule has 0 amide bonds. The van der Waals surface area contributed by atoms with Gasteiger partial charge in [0, 0.05) is 24.0 Å². The summed E-state index contributed by atoms with van der Waals surface area (Å²) in [5.41, 5.74) is 1.32. The lowest BCUT2D eigenvalue weighted by Gasteiger charge is -2.04. The highest BCUT2D eigenvalue weighted by molar-refractivity contribution is 7.98. The average molecular weight is 467 g/mol. The zero-order chi connectivity index (χ0) is 21.3. The van der Waals surface area contributed by atoms with Crippen molar-refractivity contribution in [2.45, 2.75) is 17.1 Å². The Balaban J connectivity index is 1.52. The molecular weight excluding hydrogens is 453 g/mol. The fourth-order valence-corrected chi connectivity index (χ4v) is 4.59. The molecule has 0 N–H and O–H groups in total. The van der Waals surface area contributed by atoms with Gasteiger partial charge in [-0.3, -0.25) is 4.68 Å². The molecule has 0 aliphatic rings. The molecule has 4 rings (SSSR count). The Hall–Kier alpha value is -2.36. The van der Waals surface area contributed by atoms with Crippen LogP contribution in [0, 0.1) is 0 Å². The van der Waals surface area contributed by atoms with E-state index < -0.39 is 11.9 Å². The first-order valence-electron chi connectivity index (χ1n) is 8.72. The molecule has 0 saturated heterocycles. The summed E-state index contributed by atoms with van der Waals surface area (Å²) in [6, 6.07) is 14.0. The topological polar surface area (TPSA) is 43.6 Å². The third-order valence-corrected chi connectivity index (χ3v) is 6.51. The molecule has 4 nitrogen and oxygen atoms in total. The highest BCUT2D eigenvalue weighted by Gasteiger charge is 2.35. The van der Waals surface area contributed by atoms with E-state index in [1.165, 1.54) is 30.1 Å². The van der Waals surface area contributed by atoms with E-state index in [-0.39, 0.29) is 5.69 Å². The van der Waals surface area contributed by atoms with Crippen molar-refractivity contribution in [3.63, 3.8) is 0 Å². The summed E-state index contributed by atoms with van der Waals surface area (Å²) in [5.74, 6) is 0.699. The lowest BCUT2D eigenvalue weighted by atomic mass is 10.2. The summed E-state index contributed by atoms with van der Waals surface area (Å²) in [6.45, 7) is 0. The van der Waals surface area contributed by atoms with Gasteiger partial charge in [0.2, 0.25) is 0 Å². The molecule has 3 heterocycles. The van der Waals surface area contributed by atoms with Gasteiger partial charge in [-0.15, -0.1) is 11.3 Å². The molecule has 0 atom stereocenters. The van der Waals surface area contributed by atoms with Crippen molar-refractivity contribution >= 4 is 34.7 Å². The van der Waals surface area contributed by atoms with Crippen molar-refractivity contribution in [2.75, 3.05) is 0 Å². The van der Waals surface area contributed by atoms with Crippen molar-refractivity contribution < 1.29 is 13.2 Å². The van der Waals surface area contributed by atoms with Crippen LogP contribution in [0.25, 0.3) is 21.1 Å². The lowest BCUT2D eigenvalue weighted by Crippen LogP contribution is -2.11. The second kappa shape index (κ2) is 8.41. The zero-order valence-corrected chi connectivity index (χ0v) is 17.9. The van der Waals surface area contributed by atoms with Gasteiger partial charge >= 0.3 is 6.18 Å². The second-order valence-electron chi connectivity index (χ2n) is 6.34. The maximum atomic E-state index is 13.0. The Morgan fingerprint density at radius 2 is 1.73 bits per heavy atom. The number of nitrogens with zero attached hydrogens (tertiary/aromatic N) is 4. The lowest BCUT2D eigenvalue weighted by molar-refractivity contribution is -0.143. The SMILES string of the molecule is Cn1nc(-c2ccc(-c3ccnc(SCc4ccc(Cl)cc4)n3)s2)cc1C(F)(F)F. The number of alkyl halides is 3. The van der Waals surface area contributed by atoms with Gasteiger partial charge in [0.25, 0.3) is 0 Å². The molecule has 1 aromatic carbocycles. The molecule has 154 valence electrons. The van der Waals surface area contributed by atoms with Crippen LogP contribution in [0.1, 0.15) is 11.3 Å². The predicted molar refractivity (Wildman–Crippen MR) is 114 cm³/mol. The van der Waals surface area contributed by atoms with Gasteiger partial charge < -0.3 is 0 Å². The van der Waals surface area contributed by atoms with Crippen molar-refractivity contribution in [3.8, 4) is 21.1 Å². The number of aryl methyl sites for hydroxylation is 1. The number of thiophene rings is 1. The summed E-state index contributed by atoms with van der Waals surface area (Å²) >= 11 is 8.74.